The number of carbonyl (C=O) groups excluding carboxylic acids is 1. The molecule has 0 aliphatic carbocycles. The van der Waals surface area contributed by atoms with Crippen molar-refractivity contribution in [1.29, 1.82) is 0 Å². The smallest absolute Gasteiger partial charge is 0.343 e. The molecule has 1 aliphatic rings. The standard InChI is InChI=1S/C26H27NO4S/c1-29-24(28)19-31-23-14-8-13-22-25(23)30-17-15-27(22)16-18-32-26(20-9-4-2-5-10-20)21-11-6-3-7-12-21/h2-14,26H,15-19H2,1H3. The summed E-state index contributed by atoms with van der Waals surface area (Å²) in [5.74, 6) is 1.80. The van der Waals surface area contributed by atoms with E-state index >= 15 is 0 Å². The summed E-state index contributed by atoms with van der Waals surface area (Å²) in [6, 6.07) is 27.1. The van der Waals surface area contributed by atoms with Gasteiger partial charge in [0, 0.05) is 12.3 Å². The number of hydrogen-bond acceptors (Lipinski definition) is 6. The van der Waals surface area contributed by atoms with Crippen LogP contribution in [0, 0.1) is 0 Å². The van der Waals surface area contributed by atoms with Gasteiger partial charge in [-0.05, 0) is 23.3 Å². The molecule has 0 spiro atoms. The zero-order chi connectivity index (χ0) is 22.2. The highest BCUT2D eigenvalue weighted by molar-refractivity contribution is 7.99. The van der Waals surface area contributed by atoms with Crippen molar-refractivity contribution in [2.45, 2.75) is 5.25 Å². The largest absolute Gasteiger partial charge is 0.486 e. The first-order valence-electron chi connectivity index (χ1n) is 10.7. The van der Waals surface area contributed by atoms with Crippen LogP contribution in [0.25, 0.3) is 0 Å². The molecule has 4 rings (SSSR count). The van der Waals surface area contributed by atoms with Gasteiger partial charge in [-0.3, -0.25) is 0 Å². The third-order valence-electron chi connectivity index (χ3n) is 5.33. The number of nitrogens with zero attached hydrogens (tertiary/aromatic N) is 1. The molecule has 0 unspecified atom stereocenters. The monoisotopic (exact) mass is 449 g/mol. The van der Waals surface area contributed by atoms with Crippen LogP contribution in [0.2, 0.25) is 0 Å². The number of thioether (sulfide) groups is 1. The van der Waals surface area contributed by atoms with Gasteiger partial charge in [0.1, 0.15) is 6.61 Å². The second kappa shape index (κ2) is 11.0. The van der Waals surface area contributed by atoms with E-state index in [2.05, 4.69) is 70.3 Å². The topological polar surface area (TPSA) is 48.0 Å². The number of fused-ring (bicyclic) bond motifs is 1. The number of benzene rings is 3. The number of hydrogen-bond donors (Lipinski definition) is 0. The number of esters is 1. The Kier molecular flexibility index (Phi) is 7.56. The molecule has 0 saturated carbocycles. The minimum absolute atomic E-state index is 0.137. The van der Waals surface area contributed by atoms with Crippen LogP contribution >= 0.6 is 11.8 Å². The Labute approximate surface area is 193 Å². The van der Waals surface area contributed by atoms with Crippen molar-refractivity contribution >= 4 is 23.4 Å². The Hall–Kier alpha value is -3.12. The summed E-state index contributed by atoms with van der Waals surface area (Å²) in [4.78, 5) is 13.8. The minimum atomic E-state index is -0.417. The molecule has 5 nitrogen and oxygen atoms in total. The predicted octanol–water partition coefficient (Wildman–Crippen LogP) is 4.96. The number of anilines is 1. The van der Waals surface area contributed by atoms with Crippen molar-refractivity contribution in [2.24, 2.45) is 0 Å². The van der Waals surface area contributed by atoms with Crippen LogP contribution in [-0.2, 0) is 9.53 Å². The molecular formula is C26H27NO4S. The van der Waals surface area contributed by atoms with Crippen LogP contribution in [-0.4, -0.2) is 45.1 Å². The molecule has 0 fully saturated rings. The number of rotatable bonds is 9. The average molecular weight is 450 g/mol. The Bertz CT molecular complexity index is 973. The Morgan fingerprint density at radius 3 is 2.34 bits per heavy atom. The predicted molar refractivity (Wildman–Crippen MR) is 129 cm³/mol. The lowest BCUT2D eigenvalue weighted by Crippen LogP contribution is -2.34. The molecule has 0 atom stereocenters. The fraction of sp³-hybridized carbons (Fsp3) is 0.269. The van der Waals surface area contributed by atoms with Crippen LogP contribution in [0.1, 0.15) is 16.4 Å². The molecule has 0 radical (unpaired) electrons. The van der Waals surface area contributed by atoms with Gasteiger partial charge in [-0.25, -0.2) is 4.79 Å². The van der Waals surface area contributed by atoms with E-state index in [1.807, 2.05) is 30.0 Å². The van der Waals surface area contributed by atoms with Crippen LogP contribution in [0.15, 0.2) is 78.9 Å². The fourth-order valence-corrected chi connectivity index (χ4v) is 5.00. The molecule has 0 bridgehead atoms. The second-order valence-corrected chi connectivity index (χ2v) is 8.59. The average Bonchev–Trinajstić information content (AvgIpc) is 2.86. The first-order valence-corrected chi connectivity index (χ1v) is 11.7. The number of para-hydroxylation sites is 1. The van der Waals surface area contributed by atoms with E-state index < -0.39 is 5.97 Å². The van der Waals surface area contributed by atoms with Crippen LogP contribution in [0.5, 0.6) is 11.5 Å². The van der Waals surface area contributed by atoms with E-state index in [9.17, 15) is 4.79 Å². The van der Waals surface area contributed by atoms with Gasteiger partial charge >= 0.3 is 5.97 Å². The highest BCUT2D eigenvalue weighted by Crippen LogP contribution is 2.41. The molecule has 0 saturated heterocycles. The number of ether oxygens (including phenoxy) is 3. The third-order valence-corrected chi connectivity index (χ3v) is 6.63. The van der Waals surface area contributed by atoms with Crippen molar-refractivity contribution in [3.05, 3.63) is 90.0 Å². The summed E-state index contributed by atoms with van der Waals surface area (Å²) >= 11 is 1.94. The van der Waals surface area contributed by atoms with Crippen molar-refractivity contribution in [3.8, 4) is 11.5 Å². The molecule has 0 aromatic heterocycles. The van der Waals surface area contributed by atoms with Crippen LogP contribution in [0.3, 0.4) is 0 Å². The van der Waals surface area contributed by atoms with E-state index in [0.29, 0.717) is 18.1 Å². The van der Waals surface area contributed by atoms with Gasteiger partial charge in [-0.1, -0.05) is 66.7 Å². The van der Waals surface area contributed by atoms with Crippen molar-refractivity contribution in [3.63, 3.8) is 0 Å². The van der Waals surface area contributed by atoms with Gasteiger partial charge in [0.05, 0.1) is 24.6 Å². The summed E-state index contributed by atoms with van der Waals surface area (Å²) in [5, 5.41) is 0.285. The SMILES string of the molecule is COC(=O)COc1cccc2c1OCCN2CCSC(c1ccccc1)c1ccccc1. The van der Waals surface area contributed by atoms with E-state index in [-0.39, 0.29) is 11.9 Å². The zero-order valence-electron chi connectivity index (χ0n) is 18.1. The fourth-order valence-electron chi connectivity index (χ4n) is 3.74. The van der Waals surface area contributed by atoms with Crippen LogP contribution < -0.4 is 14.4 Å². The molecule has 1 heterocycles. The van der Waals surface area contributed by atoms with Crippen molar-refractivity contribution in [1.82, 2.24) is 0 Å². The summed E-state index contributed by atoms with van der Waals surface area (Å²) in [7, 11) is 1.35. The second-order valence-electron chi connectivity index (χ2n) is 7.38. The first-order chi connectivity index (χ1) is 15.8. The lowest BCUT2D eigenvalue weighted by atomic mass is 10.0. The Balaban J connectivity index is 1.45. The molecule has 1 aliphatic heterocycles. The summed E-state index contributed by atoms with van der Waals surface area (Å²) in [5.41, 5.74) is 3.62. The number of carbonyl (C=O) groups is 1. The molecule has 3 aromatic carbocycles. The highest BCUT2D eigenvalue weighted by Gasteiger charge is 2.23. The minimum Gasteiger partial charge on any atom is -0.486 e. The van der Waals surface area contributed by atoms with Gasteiger partial charge in [-0.15, -0.1) is 11.8 Å². The highest BCUT2D eigenvalue weighted by atomic mass is 32.2. The van der Waals surface area contributed by atoms with Gasteiger partial charge in [0.2, 0.25) is 0 Å². The van der Waals surface area contributed by atoms with E-state index in [1.165, 1.54) is 18.2 Å². The van der Waals surface area contributed by atoms with Gasteiger partial charge in [0.15, 0.2) is 18.1 Å². The molecule has 6 heteroatoms. The molecule has 166 valence electrons. The van der Waals surface area contributed by atoms with E-state index in [1.54, 1.807) is 0 Å². The Morgan fingerprint density at radius 2 is 1.69 bits per heavy atom. The third kappa shape index (κ3) is 5.37. The van der Waals surface area contributed by atoms with Crippen LogP contribution in [0.4, 0.5) is 5.69 Å². The molecule has 0 amide bonds. The Morgan fingerprint density at radius 1 is 1.00 bits per heavy atom. The number of methoxy groups -OCH3 is 1. The van der Waals surface area contributed by atoms with Crippen molar-refractivity contribution < 1.29 is 19.0 Å². The summed E-state index contributed by atoms with van der Waals surface area (Å²) < 4.78 is 16.2. The summed E-state index contributed by atoms with van der Waals surface area (Å²) in [6.07, 6.45) is 0. The first kappa shape index (κ1) is 22.1. The summed E-state index contributed by atoms with van der Waals surface area (Å²) in [6.45, 7) is 2.14. The van der Waals surface area contributed by atoms with Gasteiger partial charge in [0.25, 0.3) is 0 Å². The normalized spacial score (nSPS) is 12.8. The maximum Gasteiger partial charge on any atom is 0.343 e. The lowest BCUT2D eigenvalue weighted by molar-refractivity contribution is -0.142. The quantitative estimate of drug-likeness (QED) is 0.431. The molecule has 3 aromatic rings. The van der Waals surface area contributed by atoms with Crippen molar-refractivity contribution in [2.75, 3.05) is 44.1 Å². The lowest BCUT2D eigenvalue weighted by Gasteiger charge is -2.32. The molecule has 32 heavy (non-hydrogen) atoms. The maximum atomic E-state index is 11.5. The van der Waals surface area contributed by atoms with Gasteiger partial charge in [-0.2, -0.15) is 0 Å². The van der Waals surface area contributed by atoms with Gasteiger partial charge < -0.3 is 19.1 Å². The zero-order valence-corrected chi connectivity index (χ0v) is 18.9. The molecule has 0 N–H and O–H groups in total. The molecular weight excluding hydrogens is 422 g/mol. The van der Waals surface area contributed by atoms with E-state index in [4.69, 9.17) is 9.47 Å². The van der Waals surface area contributed by atoms with E-state index in [0.717, 1.165) is 24.5 Å². The maximum absolute atomic E-state index is 11.5.